The van der Waals surface area contributed by atoms with E-state index in [2.05, 4.69) is 4.98 Å². The topological polar surface area (TPSA) is 84.4 Å². The largest absolute Gasteiger partial charge is 0.378 e. The van der Waals surface area contributed by atoms with E-state index in [0.717, 1.165) is 15.7 Å². The van der Waals surface area contributed by atoms with Gasteiger partial charge in [0.05, 0.1) is 24.1 Å². The third-order valence-corrected chi connectivity index (χ3v) is 4.75. The van der Waals surface area contributed by atoms with E-state index in [-0.39, 0.29) is 12.5 Å². The molecule has 1 saturated heterocycles. The summed E-state index contributed by atoms with van der Waals surface area (Å²) >= 11 is 0. The average molecular weight is 365 g/mol. The number of nitrogens with zero attached hydrogens (tertiary/aromatic N) is 2. The zero-order valence-electron chi connectivity index (χ0n) is 14.7. The van der Waals surface area contributed by atoms with Gasteiger partial charge in [-0.25, -0.2) is 4.79 Å². The van der Waals surface area contributed by atoms with Crippen molar-refractivity contribution in [1.82, 2.24) is 14.5 Å². The van der Waals surface area contributed by atoms with E-state index in [1.165, 1.54) is 0 Å². The predicted molar refractivity (Wildman–Crippen MR) is 102 cm³/mol. The maximum atomic E-state index is 12.9. The third kappa shape index (κ3) is 3.41. The van der Waals surface area contributed by atoms with Gasteiger partial charge in [-0.1, -0.05) is 36.4 Å². The highest BCUT2D eigenvalue weighted by atomic mass is 16.5. The summed E-state index contributed by atoms with van der Waals surface area (Å²) in [6.07, 6.45) is 0. The molecule has 3 aromatic rings. The lowest BCUT2D eigenvalue weighted by Gasteiger charge is -2.26. The minimum atomic E-state index is -0.582. The number of aromatic amines is 1. The number of hydrogen-bond donors (Lipinski definition) is 1. The Bertz CT molecular complexity index is 1100. The molecule has 7 heteroatoms. The number of fused-ring (bicyclic) bond motifs is 1. The first-order chi connectivity index (χ1) is 13.1. The van der Waals surface area contributed by atoms with Crippen LogP contribution in [0.5, 0.6) is 0 Å². The molecule has 1 aromatic heterocycles. The number of amides is 1. The molecule has 4 rings (SSSR count). The van der Waals surface area contributed by atoms with Gasteiger partial charge in [-0.3, -0.25) is 14.2 Å². The Kier molecular flexibility index (Phi) is 4.60. The molecule has 0 saturated carbocycles. The maximum Gasteiger partial charge on any atom is 0.329 e. The number of hydrogen-bond acceptors (Lipinski definition) is 4. The smallest absolute Gasteiger partial charge is 0.329 e. The van der Waals surface area contributed by atoms with Crippen LogP contribution >= 0.6 is 0 Å². The number of rotatable bonds is 3. The molecule has 1 fully saturated rings. The first kappa shape index (κ1) is 17.2. The molecule has 1 aliphatic heterocycles. The molecule has 0 atom stereocenters. The minimum absolute atomic E-state index is 0.260. The van der Waals surface area contributed by atoms with E-state index in [1.54, 1.807) is 17.0 Å². The van der Waals surface area contributed by atoms with E-state index < -0.39 is 11.2 Å². The van der Waals surface area contributed by atoms with Crippen molar-refractivity contribution in [2.24, 2.45) is 0 Å². The number of benzene rings is 2. The van der Waals surface area contributed by atoms with Crippen LogP contribution in [-0.4, -0.2) is 46.7 Å². The molecule has 1 aliphatic rings. The van der Waals surface area contributed by atoms with Gasteiger partial charge in [0, 0.05) is 13.1 Å². The van der Waals surface area contributed by atoms with Crippen LogP contribution in [0.3, 0.4) is 0 Å². The standard InChI is InChI=1S/C20H19N3O4/c24-18(22-8-10-27-11-9-22)13-23-19(25)16-12-15(14-4-2-1-3-5-14)6-7-17(16)21-20(23)26/h1-7,12H,8-11,13H2,(H,21,26). The predicted octanol–water partition coefficient (Wildman–Crippen LogP) is 1.22. The van der Waals surface area contributed by atoms with Gasteiger partial charge in [-0.15, -0.1) is 0 Å². The quantitative estimate of drug-likeness (QED) is 0.756. The summed E-state index contributed by atoms with van der Waals surface area (Å²) < 4.78 is 6.20. The van der Waals surface area contributed by atoms with Crippen molar-refractivity contribution < 1.29 is 9.53 Å². The minimum Gasteiger partial charge on any atom is -0.378 e. The fourth-order valence-corrected chi connectivity index (χ4v) is 3.25. The number of aromatic nitrogens is 2. The van der Waals surface area contributed by atoms with Gasteiger partial charge in [0.2, 0.25) is 5.91 Å². The molecule has 0 unspecified atom stereocenters. The van der Waals surface area contributed by atoms with Crippen LogP contribution in [0.15, 0.2) is 58.1 Å². The molecule has 138 valence electrons. The maximum absolute atomic E-state index is 12.9. The van der Waals surface area contributed by atoms with Gasteiger partial charge >= 0.3 is 5.69 Å². The molecule has 2 aromatic carbocycles. The van der Waals surface area contributed by atoms with Gasteiger partial charge in [0.25, 0.3) is 5.56 Å². The van der Waals surface area contributed by atoms with E-state index in [1.807, 2.05) is 36.4 Å². The van der Waals surface area contributed by atoms with Gasteiger partial charge in [0.15, 0.2) is 0 Å². The van der Waals surface area contributed by atoms with Crippen LogP contribution in [0.2, 0.25) is 0 Å². The van der Waals surface area contributed by atoms with Crippen LogP contribution < -0.4 is 11.2 Å². The molecule has 7 nitrogen and oxygen atoms in total. The van der Waals surface area contributed by atoms with Crippen molar-refractivity contribution in [3.05, 3.63) is 69.4 Å². The normalized spacial score (nSPS) is 14.4. The Morgan fingerprint density at radius 3 is 2.48 bits per heavy atom. The molecule has 0 spiro atoms. The molecule has 1 N–H and O–H groups in total. The van der Waals surface area contributed by atoms with Crippen LogP contribution in [-0.2, 0) is 16.1 Å². The van der Waals surface area contributed by atoms with E-state index in [0.29, 0.717) is 37.2 Å². The Morgan fingerprint density at radius 2 is 1.74 bits per heavy atom. The summed E-state index contributed by atoms with van der Waals surface area (Å²) in [5, 5.41) is 0.380. The van der Waals surface area contributed by atoms with Crippen LogP contribution in [0, 0.1) is 0 Å². The van der Waals surface area contributed by atoms with Gasteiger partial charge in [-0.2, -0.15) is 0 Å². The molecule has 27 heavy (non-hydrogen) atoms. The lowest BCUT2D eigenvalue weighted by Crippen LogP contribution is -2.46. The number of nitrogens with one attached hydrogen (secondary N) is 1. The summed E-state index contributed by atoms with van der Waals surface area (Å²) in [5.74, 6) is -0.260. The van der Waals surface area contributed by atoms with Crippen molar-refractivity contribution in [3.8, 4) is 11.1 Å². The molecule has 2 heterocycles. The fraction of sp³-hybridized carbons (Fsp3) is 0.250. The second kappa shape index (κ2) is 7.20. The number of carbonyl (C=O) groups is 1. The lowest BCUT2D eigenvalue weighted by molar-refractivity contribution is -0.136. The van der Waals surface area contributed by atoms with Crippen molar-refractivity contribution in [3.63, 3.8) is 0 Å². The molecule has 0 aliphatic carbocycles. The summed E-state index contributed by atoms with van der Waals surface area (Å²) in [7, 11) is 0. The molecule has 1 amide bonds. The van der Waals surface area contributed by atoms with E-state index in [9.17, 15) is 14.4 Å². The van der Waals surface area contributed by atoms with E-state index >= 15 is 0 Å². The van der Waals surface area contributed by atoms with E-state index in [4.69, 9.17) is 4.74 Å². The lowest BCUT2D eigenvalue weighted by atomic mass is 10.0. The van der Waals surface area contributed by atoms with Crippen molar-refractivity contribution in [2.75, 3.05) is 26.3 Å². The molecule has 0 radical (unpaired) electrons. The fourth-order valence-electron chi connectivity index (χ4n) is 3.25. The monoisotopic (exact) mass is 365 g/mol. The Morgan fingerprint density at radius 1 is 1.00 bits per heavy atom. The number of ether oxygens (including phenoxy) is 1. The Balaban J connectivity index is 1.73. The zero-order chi connectivity index (χ0) is 18.8. The summed E-state index contributed by atoms with van der Waals surface area (Å²) in [6.45, 7) is 1.60. The Labute approximate surface area is 154 Å². The Hall–Kier alpha value is -3.19. The molecule has 0 bridgehead atoms. The highest BCUT2D eigenvalue weighted by molar-refractivity contribution is 5.84. The molecular formula is C20H19N3O4. The second-order valence-electron chi connectivity index (χ2n) is 6.44. The van der Waals surface area contributed by atoms with Gasteiger partial charge in [-0.05, 0) is 23.3 Å². The SMILES string of the molecule is O=C(Cn1c(=O)[nH]c2ccc(-c3ccccc3)cc2c1=O)N1CCOCC1. The third-order valence-electron chi connectivity index (χ3n) is 4.75. The zero-order valence-corrected chi connectivity index (χ0v) is 14.7. The average Bonchev–Trinajstić information content (AvgIpc) is 2.72. The number of H-pyrrole nitrogens is 1. The highest BCUT2D eigenvalue weighted by Crippen LogP contribution is 2.21. The van der Waals surface area contributed by atoms with Gasteiger partial charge < -0.3 is 14.6 Å². The summed E-state index contributed by atoms with van der Waals surface area (Å²) in [4.78, 5) is 42.0. The van der Waals surface area contributed by atoms with Crippen LogP contribution in [0.1, 0.15) is 0 Å². The van der Waals surface area contributed by atoms with Crippen LogP contribution in [0.25, 0.3) is 22.0 Å². The summed E-state index contributed by atoms with van der Waals surface area (Å²) in [5.41, 5.74) is 1.26. The summed E-state index contributed by atoms with van der Waals surface area (Å²) in [6, 6.07) is 15.0. The van der Waals surface area contributed by atoms with Crippen molar-refractivity contribution in [2.45, 2.75) is 6.54 Å². The molecular weight excluding hydrogens is 346 g/mol. The van der Waals surface area contributed by atoms with Crippen LogP contribution in [0.4, 0.5) is 0 Å². The first-order valence-electron chi connectivity index (χ1n) is 8.81. The van der Waals surface area contributed by atoms with Gasteiger partial charge in [0.1, 0.15) is 6.54 Å². The number of morpholine rings is 1. The highest BCUT2D eigenvalue weighted by Gasteiger charge is 2.19. The first-order valence-corrected chi connectivity index (χ1v) is 8.81. The van der Waals surface area contributed by atoms with Crippen molar-refractivity contribution >= 4 is 16.8 Å². The second-order valence-corrected chi connectivity index (χ2v) is 6.44. The number of carbonyl (C=O) groups excluding carboxylic acids is 1. The van der Waals surface area contributed by atoms with Crippen molar-refractivity contribution in [1.29, 1.82) is 0 Å².